The SMILES string of the molecule is OCC1(CC2Cc3cc(F)ccc3O2)CC2CC2C1. The maximum absolute atomic E-state index is 13.2. The maximum atomic E-state index is 13.2. The first-order chi connectivity index (χ1) is 9.17. The minimum absolute atomic E-state index is 0.0683. The van der Waals surface area contributed by atoms with Crippen LogP contribution >= 0.6 is 0 Å². The fourth-order valence-electron chi connectivity index (χ4n) is 4.25. The summed E-state index contributed by atoms with van der Waals surface area (Å²) in [4.78, 5) is 0. The van der Waals surface area contributed by atoms with Crippen LogP contribution in [0.5, 0.6) is 5.75 Å². The standard InChI is InChI=1S/C16H19FO2/c17-13-1-2-15-10(4-13)5-14(19-15)8-16(9-18)6-11-3-12(11)7-16/h1-2,4,11-12,14,18H,3,5-9H2. The molecule has 2 saturated carbocycles. The molecule has 0 amide bonds. The summed E-state index contributed by atoms with van der Waals surface area (Å²) in [5.74, 6) is 2.34. The fraction of sp³-hybridized carbons (Fsp3) is 0.625. The molecule has 1 N–H and O–H groups in total. The summed E-state index contributed by atoms with van der Waals surface area (Å²) in [7, 11) is 0. The van der Waals surface area contributed by atoms with Gasteiger partial charge in [0.25, 0.3) is 0 Å². The summed E-state index contributed by atoms with van der Waals surface area (Å²) in [6.07, 6.45) is 5.47. The summed E-state index contributed by atoms with van der Waals surface area (Å²) in [6.45, 7) is 0.268. The number of hydrogen-bond donors (Lipinski definition) is 1. The molecule has 0 radical (unpaired) electrons. The van der Waals surface area contributed by atoms with Crippen LogP contribution < -0.4 is 4.74 Å². The summed E-state index contributed by atoms with van der Waals surface area (Å²) < 4.78 is 19.1. The van der Waals surface area contributed by atoms with Gasteiger partial charge >= 0.3 is 0 Å². The molecule has 2 aliphatic carbocycles. The molecule has 1 aromatic rings. The van der Waals surface area contributed by atoms with E-state index in [0.717, 1.165) is 48.8 Å². The minimum Gasteiger partial charge on any atom is -0.490 e. The highest BCUT2D eigenvalue weighted by Crippen LogP contribution is 2.61. The number of ether oxygens (including phenoxy) is 1. The molecule has 0 spiro atoms. The average molecular weight is 262 g/mol. The van der Waals surface area contributed by atoms with Crippen LogP contribution in [0.1, 0.15) is 31.2 Å². The van der Waals surface area contributed by atoms with E-state index in [1.165, 1.54) is 12.5 Å². The quantitative estimate of drug-likeness (QED) is 0.907. The Morgan fingerprint density at radius 2 is 2.11 bits per heavy atom. The van der Waals surface area contributed by atoms with Gasteiger partial charge < -0.3 is 9.84 Å². The Morgan fingerprint density at radius 3 is 2.84 bits per heavy atom. The van der Waals surface area contributed by atoms with Crippen molar-refractivity contribution in [2.75, 3.05) is 6.61 Å². The van der Waals surface area contributed by atoms with Crippen molar-refractivity contribution in [3.63, 3.8) is 0 Å². The molecule has 3 atom stereocenters. The van der Waals surface area contributed by atoms with Crippen molar-refractivity contribution in [2.45, 2.75) is 38.2 Å². The summed E-state index contributed by atoms with van der Waals surface area (Å²) in [6, 6.07) is 4.75. The van der Waals surface area contributed by atoms with Gasteiger partial charge in [0.05, 0.1) is 0 Å². The smallest absolute Gasteiger partial charge is 0.123 e. The molecule has 2 fully saturated rings. The molecule has 0 bridgehead atoms. The molecule has 1 aromatic carbocycles. The highest BCUT2D eigenvalue weighted by atomic mass is 19.1. The van der Waals surface area contributed by atoms with Crippen LogP contribution in [0.15, 0.2) is 18.2 Å². The van der Waals surface area contributed by atoms with Crippen LogP contribution in [0, 0.1) is 23.1 Å². The molecule has 3 unspecified atom stereocenters. The number of hydrogen-bond acceptors (Lipinski definition) is 2. The molecule has 19 heavy (non-hydrogen) atoms. The van der Waals surface area contributed by atoms with Gasteiger partial charge in [0.15, 0.2) is 0 Å². The number of fused-ring (bicyclic) bond motifs is 2. The van der Waals surface area contributed by atoms with Crippen LogP contribution in [-0.4, -0.2) is 17.8 Å². The van der Waals surface area contributed by atoms with E-state index in [1.807, 2.05) is 0 Å². The molecule has 0 saturated heterocycles. The molecular formula is C16H19FO2. The van der Waals surface area contributed by atoms with E-state index in [9.17, 15) is 9.50 Å². The van der Waals surface area contributed by atoms with Gasteiger partial charge in [0.1, 0.15) is 17.7 Å². The monoisotopic (exact) mass is 262 g/mol. The zero-order valence-electron chi connectivity index (χ0n) is 10.9. The Morgan fingerprint density at radius 1 is 1.32 bits per heavy atom. The second kappa shape index (κ2) is 3.95. The van der Waals surface area contributed by atoms with Gasteiger partial charge in [-0.05, 0) is 61.1 Å². The van der Waals surface area contributed by atoms with Crippen molar-refractivity contribution in [1.82, 2.24) is 0 Å². The van der Waals surface area contributed by atoms with Crippen molar-refractivity contribution in [1.29, 1.82) is 0 Å². The van der Waals surface area contributed by atoms with E-state index in [4.69, 9.17) is 4.74 Å². The van der Waals surface area contributed by atoms with Gasteiger partial charge in [-0.1, -0.05) is 0 Å². The van der Waals surface area contributed by atoms with Crippen LogP contribution in [0.25, 0.3) is 0 Å². The lowest BCUT2D eigenvalue weighted by molar-refractivity contribution is 0.0633. The highest BCUT2D eigenvalue weighted by Gasteiger charge is 2.54. The van der Waals surface area contributed by atoms with Crippen molar-refractivity contribution in [3.8, 4) is 5.75 Å². The first-order valence-electron chi connectivity index (χ1n) is 7.23. The number of benzene rings is 1. The number of halogens is 1. The fourth-order valence-corrected chi connectivity index (χ4v) is 4.25. The Labute approximate surface area is 112 Å². The number of aliphatic hydroxyl groups is 1. The second-order valence-corrected chi connectivity index (χ2v) is 6.72. The van der Waals surface area contributed by atoms with E-state index in [-0.39, 0.29) is 23.9 Å². The van der Waals surface area contributed by atoms with Gasteiger partial charge in [-0.2, -0.15) is 0 Å². The molecule has 0 aromatic heterocycles. The molecule has 3 aliphatic rings. The first-order valence-corrected chi connectivity index (χ1v) is 7.23. The van der Waals surface area contributed by atoms with Crippen LogP contribution in [0.2, 0.25) is 0 Å². The Kier molecular flexibility index (Phi) is 2.44. The Balaban J connectivity index is 1.47. The molecule has 1 heterocycles. The van der Waals surface area contributed by atoms with Crippen LogP contribution in [-0.2, 0) is 6.42 Å². The predicted molar refractivity (Wildman–Crippen MR) is 69.5 cm³/mol. The second-order valence-electron chi connectivity index (χ2n) is 6.72. The number of aliphatic hydroxyl groups excluding tert-OH is 1. The highest BCUT2D eigenvalue weighted by molar-refractivity contribution is 5.38. The van der Waals surface area contributed by atoms with Gasteiger partial charge in [-0.3, -0.25) is 0 Å². The third kappa shape index (κ3) is 1.95. The van der Waals surface area contributed by atoms with Crippen LogP contribution in [0.3, 0.4) is 0 Å². The van der Waals surface area contributed by atoms with Crippen molar-refractivity contribution >= 4 is 0 Å². The van der Waals surface area contributed by atoms with Gasteiger partial charge in [-0.25, -0.2) is 4.39 Å². The zero-order chi connectivity index (χ0) is 13.0. The Bertz CT molecular complexity index is 503. The van der Waals surface area contributed by atoms with Crippen LogP contribution in [0.4, 0.5) is 4.39 Å². The zero-order valence-corrected chi connectivity index (χ0v) is 10.9. The van der Waals surface area contributed by atoms with E-state index >= 15 is 0 Å². The minimum atomic E-state index is -0.193. The molecular weight excluding hydrogens is 243 g/mol. The van der Waals surface area contributed by atoms with E-state index in [0.29, 0.717) is 0 Å². The van der Waals surface area contributed by atoms with E-state index in [2.05, 4.69) is 0 Å². The van der Waals surface area contributed by atoms with Crippen molar-refractivity contribution in [2.24, 2.45) is 17.3 Å². The normalized spacial score (nSPS) is 38.7. The lowest BCUT2D eigenvalue weighted by Crippen LogP contribution is -2.31. The van der Waals surface area contributed by atoms with Gasteiger partial charge in [0, 0.05) is 18.6 Å². The maximum Gasteiger partial charge on any atom is 0.123 e. The number of rotatable bonds is 3. The topological polar surface area (TPSA) is 29.5 Å². The van der Waals surface area contributed by atoms with Crippen molar-refractivity contribution < 1.29 is 14.2 Å². The lowest BCUT2D eigenvalue weighted by Gasteiger charge is -2.31. The first kappa shape index (κ1) is 11.7. The molecule has 4 rings (SSSR count). The third-order valence-corrected chi connectivity index (χ3v) is 5.22. The lowest BCUT2D eigenvalue weighted by atomic mass is 9.78. The predicted octanol–water partition coefficient (Wildman–Crippen LogP) is 2.93. The van der Waals surface area contributed by atoms with E-state index < -0.39 is 0 Å². The summed E-state index contributed by atoms with van der Waals surface area (Å²) >= 11 is 0. The molecule has 102 valence electrons. The van der Waals surface area contributed by atoms with E-state index in [1.54, 1.807) is 12.1 Å². The molecule has 2 nitrogen and oxygen atoms in total. The third-order valence-electron chi connectivity index (χ3n) is 5.22. The van der Waals surface area contributed by atoms with Gasteiger partial charge in [-0.15, -0.1) is 0 Å². The summed E-state index contributed by atoms with van der Waals surface area (Å²) in [5, 5.41) is 9.76. The largest absolute Gasteiger partial charge is 0.490 e. The molecule has 1 aliphatic heterocycles. The molecule has 3 heteroatoms. The van der Waals surface area contributed by atoms with Crippen molar-refractivity contribution in [3.05, 3.63) is 29.6 Å². The average Bonchev–Trinajstić information content (AvgIpc) is 2.84. The Hall–Kier alpha value is -1.09. The summed E-state index contributed by atoms with van der Waals surface area (Å²) in [5.41, 5.74) is 1.04. The van der Waals surface area contributed by atoms with Gasteiger partial charge in [0.2, 0.25) is 0 Å².